The molecule has 2 aliphatic carbocycles. The molecule has 0 aliphatic heterocycles. The quantitative estimate of drug-likeness (QED) is 0.328. The Balaban J connectivity index is 1.66. The van der Waals surface area contributed by atoms with E-state index in [-0.39, 0.29) is 58.7 Å². The molecule has 4 rings (SSSR count). The summed E-state index contributed by atoms with van der Waals surface area (Å²) in [4.78, 5) is 39.7. The third-order valence-corrected chi connectivity index (χ3v) is 8.75. The van der Waals surface area contributed by atoms with E-state index in [1.807, 2.05) is 0 Å². The molecule has 218 valence electrons. The molecule has 1 heterocycles. The SMILES string of the molecule is C[C@H]1C[C@H](n2ncc(C(=O)N(CC(=O)c3c(Cl)cccc3Cl)CC3CC(C)(C)C3)c2C(F)(F)F)CC[C@H]1C(=O)O. The van der Waals surface area contributed by atoms with Crippen molar-refractivity contribution in [2.24, 2.45) is 23.2 Å². The summed E-state index contributed by atoms with van der Waals surface area (Å²) >= 11 is 12.4. The van der Waals surface area contributed by atoms with Crippen LogP contribution in [0, 0.1) is 23.2 Å². The van der Waals surface area contributed by atoms with E-state index < -0.39 is 53.6 Å². The van der Waals surface area contributed by atoms with Gasteiger partial charge >= 0.3 is 12.1 Å². The highest BCUT2D eigenvalue weighted by Crippen LogP contribution is 2.45. The average molecular weight is 602 g/mol. The fraction of sp³-hybridized carbons (Fsp3) is 0.571. The van der Waals surface area contributed by atoms with Gasteiger partial charge in [0.25, 0.3) is 5.91 Å². The first-order valence-electron chi connectivity index (χ1n) is 13.2. The van der Waals surface area contributed by atoms with E-state index in [4.69, 9.17) is 23.2 Å². The second-order valence-corrected chi connectivity index (χ2v) is 12.7. The number of benzene rings is 1. The minimum atomic E-state index is -4.91. The molecule has 0 radical (unpaired) electrons. The summed E-state index contributed by atoms with van der Waals surface area (Å²) in [5.74, 6) is -3.50. The number of rotatable bonds is 8. The molecule has 7 nitrogen and oxygen atoms in total. The molecule has 2 saturated carbocycles. The molecule has 12 heteroatoms. The molecule has 0 bridgehead atoms. The molecule has 1 aromatic heterocycles. The summed E-state index contributed by atoms with van der Waals surface area (Å²) in [5, 5.41) is 13.6. The smallest absolute Gasteiger partial charge is 0.433 e. The standard InChI is InChI=1S/C28H32Cl2F3N3O4/c1-15-9-17(7-8-18(15)26(39)40)36-24(28(31,32)33)19(12-34-36)25(38)35(13-16-10-27(2,3)11-16)14-22(37)23-20(29)5-4-6-21(23)30/h4-6,12,15-18H,7-11,13-14H2,1-3H3,(H,39,40)/t15-,17+,18+/m0/s1. The Morgan fingerprint density at radius 2 is 1.77 bits per heavy atom. The number of aromatic nitrogens is 2. The van der Waals surface area contributed by atoms with Gasteiger partial charge in [0, 0.05) is 6.54 Å². The first-order valence-corrected chi connectivity index (χ1v) is 14.0. The lowest BCUT2D eigenvalue weighted by Gasteiger charge is -2.44. The Hall–Kier alpha value is -2.59. The maximum absolute atomic E-state index is 14.5. The first kappa shape index (κ1) is 30.4. The molecule has 2 aromatic rings. The number of nitrogens with zero attached hydrogens (tertiary/aromatic N) is 3. The van der Waals surface area contributed by atoms with Crippen molar-refractivity contribution < 1.29 is 32.7 Å². The largest absolute Gasteiger partial charge is 0.481 e. The predicted octanol–water partition coefficient (Wildman–Crippen LogP) is 7.03. The third kappa shape index (κ3) is 6.33. The summed E-state index contributed by atoms with van der Waals surface area (Å²) in [7, 11) is 0. The lowest BCUT2D eigenvalue weighted by molar-refractivity contribution is -0.149. The summed E-state index contributed by atoms with van der Waals surface area (Å²) in [6.07, 6.45) is -1.91. The lowest BCUT2D eigenvalue weighted by Crippen LogP contribution is -2.45. The number of amides is 1. The maximum atomic E-state index is 14.5. The minimum absolute atomic E-state index is 0.00786. The zero-order valence-electron chi connectivity index (χ0n) is 22.5. The molecule has 1 N–H and O–H groups in total. The number of Topliss-reactive ketones (excluding diaryl/α,β-unsaturated/α-hetero) is 1. The van der Waals surface area contributed by atoms with Gasteiger partial charge in [0.2, 0.25) is 0 Å². The Kier molecular flexibility index (Phi) is 8.62. The fourth-order valence-electron chi connectivity index (χ4n) is 6.39. The van der Waals surface area contributed by atoms with Crippen LogP contribution in [0.25, 0.3) is 0 Å². The molecule has 0 spiro atoms. The molecule has 40 heavy (non-hydrogen) atoms. The van der Waals surface area contributed by atoms with Crippen LogP contribution in [-0.2, 0) is 11.0 Å². The van der Waals surface area contributed by atoms with Crippen molar-refractivity contribution in [2.45, 2.75) is 65.1 Å². The van der Waals surface area contributed by atoms with Crippen molar-refractivity contribution in [2.75, 3.05) is 13.1 Å². The van der Waals surface area contributed by atoms with Gasteiger partial charge < -0.3 is 10.0 Å². The number of hydrogen-bond donors (Lipinski definition) is 1. The van der Waals surface area contributed by atoms with Crippen molar-refractivity contribution in [1.82, 2.24) is 14.7 Å². The molecule has 0 unspecified atom stereocenters. The minimum Gasteiger partial charge on any atom is -0.481 e. The van der Waals surface area contributed by atoms with Crippen molar-refractivity contribution in [1.29, 1.82) is 0 Å². The van der Waals surface area contributed by atoms with Crippen molar-refractivity contribution >= 4 is 40.9 Å². The van der Waals surface area contributed by atoms with E-state index in [0.717, 1.165) is 28.6 Å². The van der Waals surface area contributed by atoms with Gasteiger partial charge in [-0.2, -0.15) is 18.3 Å². The van der Waals surface area contributed by atoms with Crippen LogP contribution in [0.5, 0.6) is 0 Å². The maximum Gasteiger partial charge on any atom is 0.433 e. The number of carbonyl (C=O) groups is 3. The number of hydrogen-bond acceptors (Lipinski definition) is 4. The summed E-state index contributed by atoms with van der Waals surface area (Å²) in [6, 6.07) is 3.81. The van der Waals surface area contributed by atoms with Gasteiger partial charge in [-0.3, -0.25) is 19.1 Å². The van der Waals surface area contributed by atoms with Gasteiger partial charge in [-0.15, -0.1) is 0 Å². The number of carboxylic acid groups (broad SMARTS) is 1. The Morgan fingerprint density at radius 1 is 1.15 bits per heavy atom. The molecular formula is C28H32Cl2F3N3O4. The second kappa shape index (κ2) is 11.4. The Morgan fingerprint density at radius 3 is 2.30 bits per heavy atom. The van der Waals surface area contributed by atoms with Crippen LogP contribution in [-0.4, -0.2) is 50.5 Å². The van der Waals surface area contributed by atoms with E-state index in [9.17, 15) is 32.7 Å². The van der Waals surface area contributed by atoms with Crippen molar-refractivity contribution in [3.05, 3.63) is 51.3 Å². The number of aliphatic carboxylic acids is 1. The van der Waals surface area contributed by atoms with Crippen LogP contribution in [0.2, 0.25) is 10.0 Å². The zero-order chi connectivity index (χ0) is 29.6. The number of carbonyl (C=O) groups excluding carboxylic acids is 2. The lowest BCUT2D eigenvalue weighted by atomic mass is 9.64. The molecule has 3 atom stereocenters. The molecular weight excluding hydrogens is 570 g/mol. The monoisotopic (exact) mass is 601 g/mol. The van der Waals surface area contributed by atoms with E-state index in [0.29, 0.717) is 0 Å². The number of halogens is 5. The molecule has 0 saturated heterocycles. The van der Waals surface area contributed by atoms with Gasteiger partial charge in [-0.1, -0.05) is 50.0 Å². The highest BCUT2D eigenvalue weighted by Gasteiger charge is 2.45. The molecule has 2 aliphatic rings. The summed E-state index contributed by atoms with van der Waals surface area (Å²) in [5.41, 5.74) is -1.78. The van der Waals surface area contributed by atoms with Crippen LogP contribution < -0.4 is 0 Å². The second-order valence-electron chi connectivity index (χ2n) is 11.9. The fourth-order valence-corrected chi connectivity index (χ4v) is 6.99. The van der Waals surface area contributed by atoms with E-state index in [2.05, 4.69) is 18.9 Å². The van der Waals surface area contributed by atoms with Crippen LogP contribution in [0.1, 0.15) is 85.3 Å². The number of carboxylic acids is 1. The zero-order valence-corrected chi connectivity index (χ0v) is 24.0. The van der Waals surface area contributed by atoms with Gasteiger partial charge in [0.05, 0.1) is 45.9 Å². The first-order chi connectivity index (χ1) is 18.6. The normalized spacial score (nSPS) is 22.9. The van der Waals surface area contributed by atoms with Crippen LogP contribution in [0.3, 0.4) is 0 Å². The number of ketones is 1. The molecule has 2 fully saturated rings. The molecule has 1 amide bonds. The average Bonchev–Trinajstić information content (AvgIpc) is 3.27. The van der Waals surface area contributed by atoms with Gasteiger partial charge in [-0.05, 0) is 61.5 Å². The third-order valence-electron chi connectivity index (χ3n) is 8.12. The van der Waals surface area contributed by atoms with Crippen LogP contribution in [0.4, 0.5) is 13.2 Å². The highest BCUT2D eigenvalue weighted by atomic mass is 35.5. The van der Waals surface area contributed by atoms with Gasteiger partial charge in [0.15, 0.2) is 11.5 Å². The van der Waals surface area contributed by atoms with E-state index in [1.54, 1.807) is 13.0 Å². The van der Waals surface area contributed by atoms with Crippen molar-refractivity contribution in [3.8, 4) is 0 Å². The topological polar surface area (TPSA) is 92.5 Å². The van der Waals surface area contributed by atoms with Crippen molar-refractivity contribution in [3.63, 3.8) is 0 Å². The van der Waals surface area contributed by atoms with Crippen LogP contribution in [0.15, 0.2) is 24.4 Å². The Labute approximate surface area is 240 Å². The predicted molar refractivity (Wildman–Crippen MR) is 144 cm³/mol. The van der Waals surface area contributed by atoms with Crippen LogP contribution >= 0.6 is 23.2 Å². The van der Waals surface area contributed by atoms with Gasteiger partial charge in [-0.25, -0.2) is 0 Å². The van der Waals surface area contributed by atoms with E-state index >= 15 is 0 Å². The summed E-state index contributed by atoms with van der Waals surface area (Å²) < 4.78 is 44.2. The molecule has 1 aromatic carbocycles. The number of alkyl halides is 3. The highest BCUT2D eigenvalue weighted by molar-refractivity contribution is 6.40. The summed E-state index contributed by atoms with van der Waals surface area (Å²) in [6.45, 7) is 5.43. The Bertz CT molecular complexity index is 1280. The van der Waals surface area contributed by atoms with E-state index in [1.165, 1.54) is 12.1 Å². The van der Waals surface area contributed by atoms with Gasteiger partial charge in [0.1, 0.15) is 0 Å².